The maximum absolute atomic E-state index is 6.21. The smallest absolute Gasteiger partial charge is 0.136 e. The third-order valence-corrected chi connectivity index (χ3v) is 10.5. The summed E-state index contributed by atoms with van der Waals surface area (Å²) in [5.74, 6) is 0. The number of rotatable bonds is 4. The third kappa shape index (κ3) is 4.12. The molecule has 0 saturated heterocycles. The van der Waals surface area contributed by atoms with Crippen LogP contribution in [0.15, 0.2) is 186 Å². The van der Waals surface area contributed by atoms with Gasteiger partial charge in [-0.2, -0.15) is 0 Å². The van der Waals surface area contributed by atoms with Gasteiger partial charge >= 0.3 is 0 Å². The number of hydrogen-bond acceptors (Lipinski definition) is 1. The van der Waals surface area contributed by atoms with Crippen molar-refractivity contribution in [3.8, 4) is 33.6 Å². The van der Waals surface area contributed by atoms with Crippen LogP contribution in [0.4, 0.5) is 0 Å². The molecule has 3 heterocycles. The number of para-hydroxylation sites is 4. The Balaban J connectivity index is 1.12. The van der Waals surface area contributed by atoms with Crippen molar-refractivity contribution in [2.45, 2.75) is 0 Å². The first-order chi connectivity index (χ1) is 25.3. The first-order valence-electron chi connectivity index (χ1n) is 17.4. The predicted octanol–water partition coefficient (Wildman–Crippen LogP) is 13.1. The fraction of sp³-hybridized carbons (Fsp3) is 0. The highest BCUT2D eigenvalue weighted by molar-refractivity contribution is 6.29. The maximum atomic E-state index is 6.21. The minimum atomic E-state index is 0.912. The largest absolute Gasteiger partial charge is 0.456 e. The SMILES string of the molecule is c1ccc(-c2ccccc2-n2c3ccccc3c3c4c5ccccc5n(-c5ccc(-c6ccc7c(c6)oc6ccccc67)cc5)c4ccc32)cc1. The molecular formula is C48H30N2O. The summed E-state index contributed by atoms with van der Waals surface area (Å²) < 4.78 is 11.1. The molecule has 3 heteroatoms. The summed E-state index contributed by atoms with van der Waals surface area (Å²) in [6, 6.07) is 65.4. The molecule has 0 spiro atoms. The van der Waals surface area contributed by atoms with Crippen molar-refractivity contribution < 1.29 is 4.42 Å². The van der Waals surface area contributed by atoms with Crippen molar-refractivity contribution in [3.63, 3.8) is 0 Å². The normalized spacial score (nSPS) is 11.9. The molecule has 0 atom stereocenters. The number of benzene rings is 8. The first-order valence-corrected chi connectivity index (χ1v) is 17.4. The van der Waals surface area contributed by atoms with E-state index in [1.165, 1.54) is 60.4 Å². The lowest BCUT2D eigenvalue weighted by atomic mass is 10.0. The Bertz CT molecular complexity index is 3120. The number of nitrogens with zero attached hydrogens (tertiary/aromatic N) is 2. The zero-order valence-electron chi connectivity index (χ0n) is 27.6. The van der Waals surface area contributed by atoms with E-state index in [-0.39, 0.29) is 0 Å². The van der Waals surface area contributed by atoms with Crippen molar-refractivity contribution in [2.24, 2.45) is 0 Å². The van der Waals surface area contributed by atoms with Gasteiger partial charge in [0.15, 0.2) is 0 Å². The summed E-state index contributed by atoms with van der Waals surface area (Å²) in [7, 11) is 0. The van der Waals surface area contributed by atoms with Gasteiger partial charge in [-0.05, 0) is 77.4 Å². The van der Waals surface area contributed by atoms with Crippen LogP contribution in [0.25, 0.3) is 99.2 Å². The van der Waals surface area contributed by atoms with E-state index in [2.05, 4.69) is 179 Å². The van der Waals surface area contributed by atoms with Gasteiger partial charge in [0.1, 0.15) is 11.2 Å². The van der Waals surface area contributed by atoms with Crippen molar-refractivity contribution in [1.82, 2.24) is 9.13 Å². The van der Waals surface area contributed by atoms with Gasteiger partial charge in [-0.15, -0.1) is 0 Å². The Hall–Kier alpha value is -6.84. The van der Waals surface area contributed by atoms with Gasteiger partial charge in [-0.25, -0.2) is 0 Å². The van der Waals surface area contributed by atoms with Crippen molar-refractivity contribution >= 4 is 65.6 Å². The monoisotopic (exact) mass is 650 g/mol. The molecule has 0 aliphatic heterocycles. The van der Waals surface area contributed by atoms with Crippen LogP contribution >= 0.6 is 0 Å². The molecule has 8 aromatic carbocycles. The molecule has 0 unspecified atom stereocenters. The van der Waals surface area contributed by atoms with E-state index in [1.807, 2.05) is 12.1 Å². The van der Waals surface area contributed by atoms with Gasteiger partial charge < -0.3 is 13.6 Å². The van der Waals surface area contributed by atoms with E-state index in [9.17, 15) is 0 Å². The molecule has 11 aromatic rings. The van der Waals surface area contributed by atoms with E-state index < -0.39 is 0 Å². The Morgan fingerprint density at radius 2 is 0.902 bits per heavy atom. The summed E-state index contributed by atoms with van der Waals surface area (Å²) in [5.41, 5.74) is 13.6. The van der Waals surface area contributed by atoms with Crippen LogP contribution in [0.2, 0.25) is 0 Å². The van der Waals surface area contributed by atoms with Gasteiger partial charge in [-0.1, -0.05) is 121 Å². The molecule has 0 radical (unpaired) electrons. The molecule has 0 saturated carbocycles. The summed E-state index contributed by atoms with van der Waals surface area (Å²) >= 11 is 0. The molecular weight excluding hydrogens is 621 g/mol. The lowest BCUT2D eigenvalue weighted by Crippen LogP contribution is -1.97. The second-order valence-corrected chi connectivity index (χ2v) is 13.3. The Morgan fingerprint density at radius 3 is 1.67 bits per heavy atom. The fourth-order valence-corrected chi connectivity index (χ4v) is 8.29. The highest BCUT2D eigenvalue weighted by atomic mass is 16.3. The van der Waals surface area contributed by atoms with E-state index in [4.69, 9.17) is 4.42 Å². The summed E-state index contributed by atoms with van der Waals surface area (Å²) in [5, 5.41) is 7.34. The van der Waals surface area contributed by atoms with Crippen LogP contribution in [0.5, 0.6) is 0 Å². The predicted molar refractivity (Wildman–Crippen MR) is 213 cm³/mol. The molecule has 0 fully saturated rings. The van der Waals surface area contributed by atoms with Crippen LogP contribution in [-0.4, -0.2) is 9.13 Å². The minimum Gasteiger partial charge on any atom is -0.456 e. The van der Waals surface area contributed by atoms with Crippen LogP contribution in [-0.2, 0) is 0 Å². The number of aromatic nitrogens is 2. The van der Waals surface area contributed by atoms with Gasteiger partial charge in [0, 0.05) is 43.6 Å². The zero-order chi connectivity index (χ0) is 33.5. The quantitative estimate of drug-likeness (QED) is 0.186. The van der Waals surface area contributed by atoms with Crippen molar-refractivity contribution in [2.75, 3.05) is 0 Å². The fourth-order valence-electron chi connectivity index (χ4n) is 8.29. The summed E-state index contributed by atoms with van der Waals surface area (Å²) in [6.07, 6.45) is 0. The lowest BCUT2D eigenvalue weighted by molar-refractivity contribution is 0.669. The zero-order valence-corrected chi connectivity index (χ0v) is 27.6. The van der Waals surface area contributed by atoms with Gasteiger partial charge in [0.2, 0.25) is 0 Å². The molecule has 3 nitrogen and oxygen atoms in total. The minimum absolute atomic E-state index is 0.912. The number of furan rings is 1. The average Bonchev–Trinajstić information content (AvgIpc) is 3.85. The standard InChI is InChI=1S/C48H30N2O/c1-2-12-32(13-3-1)35-14-4-8-18-40(35)50-42-20-10-6-17-39(42)48-44(50)29-28-43-47(48)38-16-5-9-19-41(38)49(43)34-25-22-31(23-26-34)33-24-27-37-36-15-7-11-21-45(36)51-46(37)30-33/h1-30H. The molecule has 0 aliphatic rings. The van der Waals surface area contributed by atoms with Gasteiger partial charge in [0.25, 0.3) is 0 Å². The van der Waals surface area contributed by atoms with Crippen LogP contribution in [0.3, 0.4) is 0 Å². The van der Waals surface area contributed by atoms with E-state index >= 15 is 0 Å². The number of fused-ring (bicyclic) bond motifs is 10. The average molecular weight is 651 g/mol. The van der Waals surface area contributed by atoms with Gasteiger partial charge in [0.05, 0.1) is 27.8 Å². The second-order valence-electron chi connectivity index (χ2n) is 13.3. The number of hydrogen-bond donors (Lipinski definition) is 0. The molecule has 0 bridgehead atoms. The molecule has 0 N–H and O–H groups in total. The Labute approximate surface area is 293 Å². The van der Waals surface area contributed by atoms with Crippen molar-refractivity contribution in [1.29, 1.82) is 0 Å². The van der Waals surface area contributed by atoms with E-state index in [0.717, 1.165) is 38.8 Å². The maximum Gasteiger partial charge on any atom is 0.136 e. The summed E-state index contributed by atoms with van der Waals surface area (Å²) in [4.78, 5) is 0. The van der Waals surface area contributed by atoms with Crippen LogP contribution in [0, 0.1) is 0 Å². The first kappa shape index (κ1) is 28.0. The molecule has 3 aromatic heterocycles. The highest BCUT2D eigenvalue weighted by Gasteiger charge is 2.21. The third-order valence-electron chi connectivity index (χ3n) is 10.5. The Morgan fingerprint density at radius 1 is 0.333 bits per heavy atom. The summed E-state index contributed by atoms with van der Waals surface area (Å²) in [6.45, 7) is 0. The molecule has 11 rings (SSSR count). The lowest BCUT2D eigenvalue weighted by Gasteiger charge is -2.14. The Kier molecular flexibility index (Phi) is 5.96. The topological polar surface area (TPSA) is 23.0 Å². The molecule has 0 amide bonds. The highest BCUT2D eigenvalue weighted by Crippen LogP contribution is 2.43. The molecule has 0 aliphatic carbocycles. The van der Waals surface area contributed by atoms with Crippen LogP contribution < -0.4 is 0 Å². The second kappa shape index (κ2) is 10.8. The van der Waals surface area contributed by atoms with Crippen molar-refractivity contribution in [3.05, 3.63) is 182 Å². The van der Waals surface area contributed by atoms with Gasteiger partial charge in [-0.3, -0.25) is 0 Å². The van der Waals surface area contributed by atoms with E-state index in [1.54, 1.807) is 0 Å². The van der Waals surface area contributed by atoms with Crippen LogP contribution in [0.1, 0.15) is 0 Å². The van der Waals surface area contributed by atoms with E-state index in [0.29, 0.717) is 0 Å². The molecule has 238 valence electrons. The molecule has 51 heavy (non-hydrogen) atoms.